The van der Waals surface area contributed by atoms with Crippen LogP contribution in [0.15, 0.2) is 24.3 Å². The number of benzene rings is 1. The van der Waals surface area contributed by atoms with Gasteiger partial charge in [0.05, 0.1) is 0 Å². The maximum Gasteiger partial charge on any atom is 0.0432 e. The van der Waals surface area contributed by atoms with E-state index >= 15 is 0 Å². The van der Waals surface area contributed by atoms with Gasteiger partial charge in [0, 0.05) is 5.38 Å². The molecule has 0 amide bonds. The van der Waals surface area contributed by atoms with Gasteiger partial charge in [-0.15, -0.1) is 11.6 Å². The first-order chi connectivity index (χ1) is 8.16. The van der Waals surface area contributed by atoms with Gasteiger partial charge in [-0.25, -0.2) is 0 Å². The summed E-state index contributed by atoms with van der Waals surface area (Å²) in [6.45, 7) is 4.43. The molecule has 0 nitrogen and oxygen atoms in total. The van der Waals surface area contributed by atoms with Crippen molar-refractivity contribution in [2.75, 3.05) is 0 Å². The van der Waals surface area contributed by atoms with Crippen molar-refractivity contribution in [3.8, 4) is 0 Å². The fourth-order valence-electron chi connectivity index (χ4n) is 3.12. The van der Waals surface area contributed by atoms with E-state index in [0.29, 0.717) is 10.8 Å². The molecule has 94 valence electrons. The predicted molar refractivity (Wildman–Crippen MR) is 75.7 cm³/mol. The Kier molecular flexibility index (Phi) is 4.14. The molecule has 0 aromatic heterocycles. The monoisotopic (exact) mass is 250 g/mol. The summed E-state index contributed by atoms with van der Waals surface area (Å²) in [6.07, 6.45) is 7.63. The molecule has 0 bridgehead atoms. The number of hydrogen-bond acceptors (Lipinski definition) is 0. The Bertz CT molecular complexity index is 346. The van der Waals surface area contributed by atoms with E-state index in [1.807, 2.05) is 0 Å². The average Bonchev–Trinajstić information content (AvgIpc) is 2.82. The van der Waals surface area contributed by atoms with Crippen LogP contribution in [0.5, 0.6) is 0 Å². The number of halogens is 1. The molecule has 0 spiro atoms. The second-order valence-electron chi connectivity index (χ2n) is 5.58. The van der Waals surface area contributed by atoms with E-state index < -0.39 is 0 Å². The first-order valence-corrected chi connectivity index (χ1v) is 7.29. The molecule has 1 aromatic rings. The summed E-state index contributed by atoms with van der Waals surface area (Å²) in [7, 11) is 0. The van der Waals surface area contributed by atoms with Gasteiger partial charge in [-0.05, 0) is 43.6 Å². The number of aryl methyl sites for hydroxylation is 1. The molecule has 0 heterocycles. The van der Waals surface area contributed by atoms with Gasteiger partial charge in [0.25, 0.3) is 0 Å². The minimum atomic E-state index is 0.303. The Balaban J connectivity index is 2.05. The fraction of sp³-hybridized carbons (Fsp3) is 0.625. The smallest absolute Gasteiger partial charge is 0.0432 e. The molecule has 1 aliphatic carbocycles. The molecule has 1 aliphatic rings. The van der Waals surface area contributed by atoms with Gasteiger partial charge in [-0.2, -0.15) is 0 Å². The number of rotatable bonds is 4. The largest absolute Gasteiger partial charge is 0.122 e. The molecule has 1 unspecified atom stereocenters. The van der Waals surface area contributed by atoms with Gasteiger partial charge in [0.2, 0.25) is 0 Å². The van der Waals surface area contributed by atoms with Crippen molar-refractivity contribution in [2.24, 2.45) is 5.41 Å². The fourth-order valence-corrected chi connectivity index (χ4v) is 3.67. The lowest BCUT2D eigenvalue weighted by atomic mass is 9.78. The maximum atomic E-state index is 6.72. The Morgan fingerprint density at radius 3 is 2.29 bits per heavy atom. The molecule has 1 heteroatoms. The van der Waals surface area contributed by atoms with Crippen LogP contribution in [0, 0.1) is 12.3 Å². The van der Waals surface area contributed by atoms with Crippen LogP contribution in [-0.4, -0.2) is 5.38 Å². The highest BCUT2D eigenvalue weighted by atomic mass is 35.5. The molecule has 0 radical (unpaired) electrons. The first-order valence-electron chi connectivity index (χ1n) is 6.86. The van der Waals surface area contributed by atoms with Crippen molar-refractivity contribution < 1.29 is 0 Å². The normalized spacial score (nSPS) is 20.4. The van der Waals surface area contributed by atoms with E-state index in [1.54, 1.807) is 0 Å². The predicted octanol–water partition coefficient (Wildman–Crippen LogP) is 5.12. The standard InChI is InChI=1S/C16H23Cl/c1-3-16(10-4-5-11-16)15(17)12-14-8-6-13(2)7-9-14/h6-9,15H,3-5,10-12H2,1-2H3. The Morgan fingerprint density at radius 2 is 1.76 bits per heavy atom. The molecule has 0 aliphatic heterocycles. The molecule has 1 fully saturated rings. The average molecular weight is 251 g/mol. The number of hydrogen-bond donors (Lipinski definition) is 0. The van der Waals surface area contributed by atoms with E-state index in [-0.39, 0.29) is 0 Å². The molecule has 1 aromatic carbocycles. The van der Waals surface area contributed by atoms with Crippen LogP contribution in [0.2, 0.25) is 0 Å². The summed E-state index contributed by atoms with van der Waals surface area (Å²) in [4.78, 5) is 0. The van der Waals surface area contributed by atoms with Crippen LogP contribution >= 0.6 is 11.6 Å². The summed E-state index contributed by atoms with van der Waals surface area (Å²) < 4.78 is 0. The van der Waals surface area contributed by atoms with Crippen LogP contribution < -0.4 is 0 Å². The van der Waals surface area contributed by atoms with Gasteiger partial charge in [0.1, 0.15) is 0 Å². The summed E-state index contributed by atoms with van der Waals surface area (Å²) in [6, 6.07) is 8.82. The van der Waals surface area contributed by atoms with Crippen molar-refractivity contribution >= 4 is 11.6 Å². The summed E-state index contributed by atoms with van der Waals surface area (Å²) in [5.74, 6) is 0. The van der Waals surface area contributed by atoms with E-state index in [1.165, 1.54) is 43.2 Å². The minimum absolute atomic E-state index is 0.303. The lowest BCUT2D eigenvalue weighted by Crippen LogP contribution is -2.29. The Labute approximate surface area is 110 Å². The topological polar surface area (TPSA) is 0 Å². The lowest BCUT2D eigenvalue weighted by Gasteiger charge is -2.33. The highest BCUT2D eigenvalue weighted by Gasteiger charge is 2.38. The van der Waals surface area contributed by atoms with E-state index in [9.17, 15) is 0 Å². The van der Waals surface area contributed by atoms with Gasteiger partial charge in [0.15, 0.2) is 0 Å². The van der Waals surface area contributed by atoms with Gasteiger partial charge >= 0.3 is 0 Å². The quantitative estimate of drug-likeness (QED) is 0.651. The van der Waals surface area contributed by atoms with E-state index in [4.69, 9.17) is 11.6 Å². The highest BCUT2D eigenvalue weighted by Crippen LogP contribution is 2.46. The zero-order chi connectivity index (χ0) is 12.3. The SMILES string of the molecule is CCC1(C(Cl)Cc2ccc(C)cc2)CCCC1. The van der Waals surface area contributed by atoms with Crippen molar-refractivity contribution in [1.29, 1.82) is 0 Å². The van der Waals surface area contributed by atoms with Crippen LogP contribution in [0.3, 0.4) is 0 Å². The first kappa shape index (κ1) is 13.0. The highest BCUT2D eigenvalue weighted by molar-refractivity contribution is 6.21. The van der Waals surface area contributed by atoms with Crippen LogP contribution in [-0.2, 0) is 6.42 Å². The minimum Gasteiger partial charge on any atom is -0.122 e. The third-order valence-corrected chi connectivity index (χ3v) is 5.12. The molecule has 0 N–H and O–H groups in total. The molecular weight excluding hydrogens is 228 g/mol. The van der Waals surface area contributed by atoms with Gasteiger partial charge < -0.3 is 0 Å². The zero-order valence-electron chi connectivity index (χ0n) is 11.0. The van der Waals surface area contributed by atoms with Crippen molar-refractivity contribution in [3.05, 3.63) is 35.4 Å². The summed E-state index contributed by atoms with van der Waals surface area (Å²) in [5.41, 5.74) is 3.12. The second kappa shape index (κ2) is 5.44. The van der Waals surface area contributed by atoms with Crippen LogP contribution in [0.1, 0.15) is 50.2 Å². The Morgan fingerprint density at radius 1 is 1.18 bits per heavy atom. The Hall–Kier alpha value is -0.490. The van der Waals surface area contributed by atoms with Crippen molar-refractivity contribution in [3.63, 3.8) is 0 Å². The van der Waals surface area contributed by atoms with Crippen LogP contribution in [0.25, 0.3) is 0 Å². The molecule has 1 atom stereocenters. The summed E-state index contributed by atoms with van der Waals surface area (Å²) in [5, 5.41) is 0.303. The third-order valence-electron chi connectivity index (χ3n) is 4.50. The van der Waals surface area contributed by atoms with E-state index in [0.717, 1.165) is 6.42 Å². The zero-order valence-corrected chi connectivity index (χ0v) is 11.8. The molecule has 2 rings (SSSR count). The maximum absolute atomic E-state index is 6.72. The second-order valence-corrected chi connectivity index (χ2v) is 6.11. The molecular formula is C16H23Cl. The van der Waals surface area contributed by atoms with E-state index in [2.05, 4.69) is 38.1 Å². The molecule has 0 saturated heterocycles. The molecule has 17 heavy (non-hydrogen) atoms. The van der Waals surface area contributed by atoms with Crippen LogP contribution in [0.4, 0.5) is 0 Å². The van der Waals surface area contributed by atoms with Gasteiger partial charge in [-0.3, -0.25) is 0 Å². The third kappa shape index (κ3) is 2.85. The van der Waals surface area contributed by atoms with Gasteiger partial charge in [-0.1, -0.05) is 49.6 Å². The molecule has 1 saturated carbocycles. The summed E-state index contributed by atoms with van der Waals surface area (Å²) >= 11 is 6.72. The van der Waals surface area contributed by atoms with Crippen molar-refractivity contribution in [2.45, 2.75) is 57.7 Å². The van der Waals surface area contributed by atoms with Crippen molar-refractivity contribution in [1.82, 2.24) is 0 Å². The number of alkyl halides is 1. The lowest BCUT2D eigenvalue weighted by molar-refractivity contribution is 0.267.